The van der Waals surface area contributed by atoms with Gasteiger partial charge in [-0.3, -0.25) is 0 Å². The summed E-state index contributed by atoms with van der Waals surface area (Å²) in [6.45, 7) is 0. The summed E-state index contributed by atoms with van der Waals surface area (Å²) < 4.78 is 3.56. The van der Waals surface area contributed by atoms with E-state index >= 15 is 0 Å². The number of hydroxylamine groups is 1. The fraction of sp³-hybridized carbons (Fsp3) is 1.00. The van der Waals surface area contributed by atoms with E-state index in [1.165, 1.54) is 0 Å². The quantitative estimate of drug-likeness (QED) is 0.144. The predicted molar refractivity (Wildman–Crippen MR) is 32.2 cm³/mol. The molecule has 0 bridgehead atoms. The van der Waals surface area contributed by atoms with E-state index in [4.69, 9.17) is 0 Å². The molecule has 0 atom stereocenters. The van der Waals surface area contributed by atoms with Crippen molar-refractivity contribution in [1.82, 2.24) is 9.17 Å². The van der Waals surface area contributed by atoms with E-state index in [2.05, 4.69) is 41.6 Å². The molecule has 0 unspecified atom stereocenters. The van der Waals surface area contributed by atoms with Gasteiger partial charge in [0.2, 0.25) is 0 Å². The van der Waals surface area contributed by atoms with Gasteiger partial charge in [0.1, 0.15) is 0 Å². The van der Waals surface area contributed by atoms with E-state index in [-0.39, 0.29) is 21.5 Å². The monoisotopic (exact) mass is 329 g/mol. The first-order valence-electron chi connectivity index (χ1n) is 1.60. The first kappa shape index (κ1) is 8.34. The molecule has 0 saturated heterocycles. The van der Waals surface area contributed by atoms with E-state index in [1.807, 2.05) is 0 Å². The molecule has 0 aromatic rings. The molecule has 0 aromatic carbocycles. The van der Waals surface area contributed by atoms with Gasteiger partial charge in [0.25, 0.3) is 0 Å². The molecule has 0 saturated carbocycles. The van der Waals surface area contributed by atoms with Gasteiger partial charge >= 0.3 is 67.7 Å². The number of rotatable bonds is 4. The van der Waals surface area contributed by atoms with Crippen molar-refractivity contribution in [1.29, 1.82) is 0 Å². The summed E-state index contributed by atoms with van der Waals surface area (Å²) in [4.78, 5) is 6.75. The van der Waals surface area contributed by atoms with E-state index in [1.54, 1.807) is 0 Å². The fourth-order valence-corrected chi connectivity index (χ4v) is 0.625. The van der Waals surface area contributed by atoms with Crippen LogP contribution in [0.2, 0.25) is 0 Å². The fourth-order valence-electron chi connectivity index (χ4n) is 0.0931. The van der Waals surface area contributed by atoms with Crippen molar-refractivity contribution in [3.63, 3.8) is 0 Å². The Balaban J connectivity index is 2.45. The van der Waals surface area contributed by atoms with E-state index < -0.39 is 0 Å². The van der Waals surface area contributed by atoms with E-state index in [9.17, 15) is 0 Å². The molecular formula is C2H7I2N2O-. The van der Waals surface area contributed by atoms with Crippen molar-refractivity contribution < 1.29 is 26.4 Å². The minimum absolute atomic E-state index is 0.0568. The Hall–Kier alpha value is 1.34. The van der Waals surface area contributed by atoms with Gasteiger partial charge in [0.05, 0.1) is 0 Å². The topological polar surface area (TPSA) is 33.3 Å². The molecule has 0 fully saturated rings. The summed E-state index contributed by atoms with van der Waals surface area (Å²) in [7, 11) is 0. The van der Waals surface area contributed by atoms with Crippen LogP contribution in [-0.2, 0) is 4.94 Å². The summed E-state index contributed by atoms with van der Waals surface area (Å²) in [6, 6.07) is 0. The van der Waals surface area contributed by atoms with Crippen LogP contribution in [0.3, 0.4) is 0 Å². The van der Waals surface area contributed by atoms with Gasteiger partial charge in [-0.1, -0.05) is 0 Å². The Kier molecular flexibility index (Phi) is 8.75. The van der Waals surface area contributed by atoms with Gasteiger partial charge in [0, 0.05) is 0 Å². The molecule has 0 rings (SSSR count). The van der Waals surface area contributed by atoms with Gasteiger partial charge < -0.3 is 0 Å². The second-order valence-corrected chi connectivity index (χ2v) is 2.93. The molecule has 0 aliphatic carbocycles. The molecule has 2 N–H and O–H groups in total. The van der Waals surface area contributed by atoms with Crippen molar-refractivity contribution in [3.05, 3.63) is 0 Å². The number of nitrogens with one attached hydrogen (secondary N) is 2. The molecule has 0 radical (unpaired) electrons. The van der Waals surface area contributed by atoms with Crippen LogP contribution in [0.15, 0.2) is 0 Å². The van der Waals surface area contributed by atoms with Crippen LogP contribution >= 0.6 is 22.6 Å². The maximum atomic E-state index is 4.67. The Morgan fingerprint density at radius 1 is 1.86 bits per heavy atom. The third-order valence-corrected chi connectivity index (χ3v) is 1.21. The first-order valence-corrected chi connectivity index (χ1v) is 6.36. The van der Waals surface area contributed by atoms with Crippen molar-refractivity contribution in [2.75, 3.05) is 9.48 Å². The van der Waals surface area contributed by atoms with Gasteiger partial charge in [-0.15, -0.1) is 0 Å². The van der Waals surface area contributed by atoms with Crippen LogP contribution in [0.25, 0.3) is 0 Å². The van der Waals surface area contributed by atoms with Crippen LogP contribution in [0.5, 0.6) is 0 Å². The molecule has 3 nitrogen and oxygen atoms in total. The second-order valence-electron chi connectivity index (χ2n) is 0.646. The minimum atomic E-state index is 0.0568. The molecule has 7 heavy (non-hydrogen) atoms. The molecular weight excluding hydrogens is 322 g/mol. The molecule has 0 aromatic heterocycles. The van der Waals surface area contributed by atoms with Crippen molar-refractivity contribution in [2.24, 2.45) is 0 Å². The Bertz CT molecular complexity index is 32.9. The number of halogens is 2. The number of hydrogen-bond donors (Lipinski definition) is 2. The molecule has 0 amide bonds. The van der Waals surface area contributed by atoms with Crippen LogP contribution < -0.4 is 30.7 Å². The van der Waals surface area contributed by atoms with Gasteiger partial charge in [-0.2, -0.15) is 0 Å². The van der Waals surface area contributed by atoms with Gasteiger partial charge in [-0.25, -0.2) is 0 Å². The Morgan fingerprint density at radius 3 is 3.00 bits per heavy atom. The molecule has 0 aliphatic rings. The summed E-state index contributed by atoms with van der Waals surface area (Å²) in [5.74, 6) is 0. The second kappa shape index (κ2) is 7.34. The van der Waals surface area contributed by atoms with Crippen molar-refractivity contribution in [3.8, 4) is 0 Å². The normalized spacial score (nSPS) is 10.0. The first-order chi connectivity index (χ1) is 3.41. The Labute approximate surface area is 67.2 Å². The zero-order chi connectivity index (χ0) is 5.54. The molecule has 46 valence electrons. The zero-order valence-electron chi connectivity index (χ0n) is 3.87. The van der Waals surface area contributed by atoms with Gasteiger partial charge in [-0.05, 0) is 0 Å². The van der Waals surface area contributed by atoms with Crippen LogP contribution in [0.4, 0.5) is 0 Å². The van der Waals surface area contributed by atoms with Crippen molar-refractivity contribution >= 4 is 22.6 Å². The average Bonchev–Trinajstić information content (AvgIpc) is 1.69. The van der Waals surface area contributed by atoms with E-state index in [0.29, 0.717) is 0 Å². The summed E-state index contributed by atoms with van der Waals surface area (Å²) in [5, 5.41) is 0. The van der Waals surface area contributed by atoms with Crippen LogP contribution in [-0.4, -0.2) is 9.48 Å². The average molecular weight is 329 g/mol. The molecule has 0 spiro atoms. The maximum absolute atomic E-state index is 4.67. The number of hydrogen-bond acceptors (Lipinski definition) is 3. The Morgan fingerprint density at radius 2 is 2.57 bits per heavy atom. The zero-order valence-corrected chi connectivity index (χ0v) is 8.19. The SMILES string of the molecule is C[I-]NONCI. The van der Waals surface area contributed by atoms with Crippen LogP contribution in [0.1, 0.15) is 0 Å². The standard InChI is InChI=1S/C2H7I2N2O/c1-4-6-7-5-2-3/h5-6H,2H2,1H3/q-1. The summed E-state index contributed by atoms with van der Waals surface area (Å²) in [6.07, 6.45) is 0. The third-order valence-electron chi connectivity index (χ3n) is 0.242. The summed E-state index contributed by atoms with van der Waals surface area (Å²) in [5.41, 5.74) is 2.65. The predicted octanol–water partition coefficient (Wildman–Crippen LogP) is -2.96. The molecule has 0 heterocycles. The van der Waals surface area contributed by atoms with Crippen LogP contribution in [0, 0.1) is 0 Å². The van der Waals surface area contributed by atoms with Gasteiger partial charge in [0.15, 0.2) is 0 Å². The summed E-state index contributed by atoms with van der Waals surface area (Å²) >= 11 is 2.22. The molecule has 5 heteroatoms. The third kappa shape index (κ3) is 7.34. The van der Waals surface area contributed by atoms with E-state index in [0.717, 1.165) is 4.55 Å². The molecule has 0 aliphatic heterocycles. The number of alkyl halides is 2. The van der Waals surface area contributed by atoms with Crippen molar-refractivity contribution in [2.45, 2.75) is 0 Å².